The number of H-pyrrole nitrogens is 1. The predicted molar refractivity (Wildman–Crippen MR) is 99.9 cm³/mol. The molecule has 10 heteroatoms. The first kappa shape index (κ1) is 20.6. The summed E-state index contributed by atoms with van der Waals surface area (Å²) >= 11 is 0. The van der Waals surface area contributed by atoms with Gasteiger partial charge in [-0.1, -0.05) is 30.3 Å². The molecule has 0 bridgehead atoms. The number of hydrogen-bond donors (Lipinski definition) is 2. The van der Waals surface area contributed by atoms with Gasteiger partial charge in [0.2, 0.25) is 0 Å². The van der Waals surface area contributed by atoms with E-state index in [2.05, 4.69) is 14.9 Å². The maximum absolute atomic E-state index is 12.1. The van der Waals surface area contributed by atoms with E-state index in [9.17, 15) is 23.2 Å². The van der Waals surface area contributed by atoms with Crippen molar-refractivity contribution in [3.8, 4) is 17.0 Å². The topological polar surface area (TPSA) is 110 Å². The number of carbonyl (C=O) groups is 3. The van der Waals surface area contributed by atoms with Crippen LogP contribution in [-0.4, -0.2) is 41.2 Å². The average molecular weight is 415 g/mol. The van der Waals surface area contributed by atoms with Gasteiger partial charge in [-0.3, -0.25) is 20.0 Å². The lowest BCUT2D eigenvalue weighted by Crippen LogP contribution is -2.34. The summed E-state index contributed by atoms with van der Waals surface area (Å²) in [5.41, 5.74) is 1.41. The van der Waals surface area contributed by atoms with Crippen LogP contribution < -0.4 is 10.1 Å². The van der Waals surface area contributed by atoms with Crippen LogP contribution in [0.3, 0.4) is 0 Å². The third kappa shape index (κ3) is 5.47. The zero-order valence-corrected chi connectivity index (χ0v) is 15.3. The molecule has 0 saturated heterocycles. The second kappa shape index (κ2) is 9.41. The number of rotatable bonds is 7. The van der Waals surface area contributed by atoms with Crippen LogP contribution >= 0.6 is 0 Å². The molecule has 0 radical (unpaired) electrons. The lowest BCUT2D eigenvalue weighted by atomic mass is 10.1. The molecule has 0 aliphatic heterocycles. The summed E-state index contributed by atoms with van der Waals surface area (Å²) in [6.45, 7) is -3.68. The molecule has 3 aromatic rings. The number of esters is 1. The summed E-state index contributed by atoms with van der Waals surface area (Å²) in [7, 11) is 0. The van der Waals surface area contributed by atoms with Gasteiger partial charge in [0.05, 0.1) is 5.69 Å². The highest BCUT2D eigenvalue weighted by molar-refractivity contribution is 6.05. The molecule has 8 nitrogen and oxygen atoms in total. The summed E-state index contributed by atoms with van der Waals surface area (Å²) in [6.07, 6.45) is 0. The lowest BCUT2D eigenvalue weighted by molar-refractivity contribution is -0.123. The summed E-state index contributed by atoms with van der Waals surface area (Å²) in [5, 5.41) is 8.56. The molecule has 2 aromatic carbocycles. The number of hydrogen-bond acceptors (Lipinski definition) is 6. The highest BCUT2D eigenvalue weighted by atomic mass is 19.3. The van der Waals surface area contributed by atoms with Crippen molar-refractivity contribution in [2.45, 2.75) is 6.61 Å². The van der Waals surface area contributed by atoms with Gasteiger partial charge in [-0.15, -0.1) is 0 Å². The van der Waals surface area contributed by atoms with E-state index < -0.39 is 31.0 Å². The van der Waals surface area contributed by atoms with E-state index in [1.165, 1.54) is 18.2 Å². The van der Waals surface area contributed by atoms with Crippen molar-refractivity contribution in [1.82, 2.24) is 15.5 Å². The Bertz CT molecular complexity index is 1040. The number of amides is 2. The quantitative estimate of drug-likeness (QED) is 0.574. The number of imide groups is 1. The number of halogens is 2. The Morgan fingerprint density at radius 2 is 1.73 bits per heavy atom. The monoisotopic (exact) mass is 415 g/mol. The second-order valence-corrected chi connectivity index (χ2v) is 5.89. The fourth-order valence-electron chi connectivity index (χ4n) is 2.41. The summed E-state index contributed by atoms with van der Waals surface area (Å²) < 4.78 is 33.3. The molecule has 0 atom stereocenters. The molecule has 1 heterocycles. The summed E-state index contributed by atoms with van der Waals surface area (Å²) in [5.74, 6) is -2.59. The smallest absolute Gasteiger partial charge is 0.387 e. The van der Waals surface area contributed by atoms with Crippen molar-refractivity contribution in [1.29, 1.82) is 0 Å². The normalized spacial score (nSPS) is 10.5. The van der Waals surface area contributed by atoms with Gasteiger partial charge in [-0.25, -0.2) is 4.79 Å². The Balaban J connectivity index is 1.50. The number of nitrogens with zero attached hydrogens (tertiary/aromatic N) is 1. The number of carbonyl (C=O) groups excluding carboxylic acids is 3. The lowest BCUT2D eigenvalue weighted by Gasteiger charge is -2.07. The van der Waals surface area contributed by atoms with Crippen LogP contribution in [0.1, 0.15) is 20.8 Å². The van der Waals surface area contributed by atoms with E-state index in [0.29, 0.717) is 5.69 Å². The molecule has 154 valence electrons. The molecule has 30 heavy (non-hydrogen) atoms. The number of benzene rings is 2. The number of aromatic nitrogens is 2. The van der Waals surface area contributed by atoms with Crippen molar-refractivity contribution in [3.05, 3.63) is 71.9 Å². The number of aromatic amines is 1. The SMILES string of the molecule is O=C(COC(=O)c1cc(-c2ccccc2)n[nH]1)NC(=O)c1ccc(OC(F)F)cc1. The summed E-state index contributed by atoms with van der Waals surface area (Å²) in [4.78, 5) is 35.9. The summed E-state index contributed by atoms with van der Waals surface area (Å²) in [6, 6.07) is 15.3. The number of ether oxygens (including phenoxy) is 2. The zero-order valence-electron chi connectivity index (χ0n) is 15.3. The third-order valence-corrected chi connectivity index (χ3v) is 3.80. The van der Waals surface area contributed by atoms with Crippen LogP contribution in [0.15, 0.2) is 60.7 Å². The van der Waals surface area contributed by atoms with Crippen molar-refractivity contribution >= 4 is 17.8 Å². The van der Waals surface area contributed by atoms with Gasteiger partial charge in [0.25, 0.3) is 11.8 Å². The van der Waals surface area contributed by atoms with Gasteiger partial charge in [0.1, 0.15) is 11.4 Å². The van der Waals surface area contributed by atoms with Gasteiger partial charge in [0.15, 0.2) is 6.61 Å². The van der Waals surface area contributed by atoms with E-state index >= 15 is 0 Å². The standard InChI is InChI=1S/C20H15F2N3O5/c21-20(22)30-14-8-6-13(7-9-14)18(27)23-17(26)11-29-19(28)16-10-15(24-25-16)12-4-2-1-3-5-12/h1-10,20H,11H2,(H,24,25)(H,23,26,27). The van der Waals surface area contributed by atoms with Crippen LogP contribution in [0.25, 0.3) is 11.3 Å². The van der Waals surface area contributed by atoms with Crippen LogP contribution in [0.4, 0.5) is 8.78 Å². The predicted octanol–water partition coefficient (Wildman–Crippen LogP) is 2.79. The van der Waals surface area contributed by atoms with Crippen LogP contribution in [-0.2, 0) is 9.53 Å². The van der Waals surface area contributed by atoms with E-state index in [0.717, 1.165) is 17.7 Å². The molecule has 0 fully saturated rings. The first-order valence-corrected chi connectivity index (χ1v) is 8.59. The maximum Gasteiger partial charge on any atom is 0.387 e. The fourth-order valence-corrected chi connectivity index (χ4v) is 2.41. The average Bonchev–Trinajstić information content (AvgIpc) is 3.23. The minimum absolute atomic E-state index is 0.0392. The highest BCUT2D eigenvalue weighted by Crippen LogP contribution is 2.17. The maximum atomic E-state index is 12.1. The molecule has 2 amide bonds. The molecular weight excluding hydrogens is 400 g/mol. The van der Waals surface area contributed by atoms with E-state index in [-0.39, 0.29) is 17.0 Å². The molecular formula is C20H15F2N3O5. The Kier molecular flexibility index (Phi) is 6.48. The van der Waals surface area contributed by atoms with Crippen molar-refractivity contribution in [2.75, 3.05) is 6.61 Å². The minimum atomic E-state index is -2.99. The van der Waals surface area contributed by atoms with E-state index in [4.69, 9.17) is 4.74 Å². The van der Waals surface area contributed by atoms with Gasteiger partial charge >= 0.3 is 12.6 Å². The molecule has 3 rings (SSSR count). The third-order valence-electron chi connectivity index (χ3n) is 3.80. The van der Waals surface area contributed by atoms with Gasteiger partial charge in [0, 0.05) is 11.1 Å². The minimum Gasteiger partial charge on any atom is -0.451 e. The highest BCUT2D eigenvalue weighted by Gasteiger charge is 2.16. The second-order valence-electron chi connectivity index (χ2n) is 5.89. The van der Waals surface area contributed by atoms with Crippen molar-refractivity contribution < 1.29 is 32.6 Å². The molecule has 2 N–H and O–H groups in total. The Labute approximate surface area is 168 Å². The van der Waals surface area contributed by atoms with Gasteiger partial charge < -0.3 is 9.47 Å². The zero-order chi connectivity index (χ0) is 21.5. The fraction of sp³-hybridized carbons (Fsp3) is 0.100. The Morgan fingerprint density at radius 1 is 1.03 bits per heavy atom. The molecule has 0 aliphatic carbocycles. The number of alkyl halides is 2. The molecule has 0 aliphatic rings. The van der Waals surface area contributed by atoms with Crippen LogP contribution in [0.2, 0.25) is 0 Å². The Morgan fingerprint density at radius 3 is 2.40 bits per heavy atom. The largest absolute Gasteiger partial charge is 0.451 e. The molecule has 1 aromatic heterocycles. The van der Waals surface area contributed by atoms with Gasteiger partial charge in [-0.05, 0) is 30.3 Å². The van der Waals surface area contributed by atoms with Gasteiger partial charge in [-0.2, -0.15) is 13.9 Å². The first-order chi connectivity index (χ1) is 14.4. The van der Waals surface area contributed by atoms with Crippen LogP contribution in [0, 0.1) is 0 Å². The van der Waals surface area contributed by atoms with Crippen molar-refractivity contribution in [3.63, 3.8) is 0 Å². The van der Waals surface area contributed by atoms with Crippen LogP contribution in [0.5, 0.6) is 5.75 Å². The molecule has 0 spiro atoms. The number of nitrogens with one attached hydrogen (secondary N) is 2. The molecule has 0 unspecified atom stereocenters. The van der Waals surface area contributed by atoms with E-state index in [1.54, 1.807) is 0 Å². The Hall–Kier alpha value is -4.08. The first-order valence-electron chi connectivity index (χ1n) is 8.59. The van der Waals surface area contributed by atoms with Crippen molar-refractivity contribution in [2.24, 2.45) is 0 Å². The van der Waals surface area contributed by atoms with E-state index in [1.807, 2.05) is 35.6 Å². The molecule has 0 saturated carbocycles.